The lowest BCUT2D eigenvalue weighted by Gasteiger charge is -2.27. The van der Waals surface area contributed by atoms with Crippen molar-refractivity contribution in [3.8, 4) is 0 Å². The van der Waals surface area contributed by atoms with E-state index in [1.54, 1.807) is 13.3 Å². The summed E-state index contributed by atoms with van der Waals surface area (Å²) in [4.78, 5) is 6.61. The van der Waals surface area contributed by atoms with Gasteiger partial charge in [-0.15, -0.1) is 0 Å². The van der Waals surface area contributed by atoms with Crippen LogP contribution in [-0.4, -0.2) is 68.1 Å². The van der Waals surface area contributed by atoms with Crippen LogP contribution in [0.1, 0.15) is 63.5 Å². The Morgan fingerprint density at radius 2 is 1.90 bits per heavy atom. The van der Waals surface area contributed by atoms with Crippen LogP contribution in [0.25, 0.3) is 0 Å². The number of hydrogen-bond acceptors (Lipinski definition) is 6. The van der Waals surface area contributed by atoms with Gasteiger partial charge in [0.05, 0.1) is 29.9 Å². The smallest absolute Gasteiger partial charge is 0.228 e. The zero-order valence-electron chi connectivity index (χ0n) is 18.0. The summed E-state index contributed by atoms with van der Waals surface area (Å²) in [5.41, 5.74) is 0.924. The summed E-state index contributed by atoms with van der Waals surface area (Å²) in [6, 6.07) is 0. The molecule has 1 aromatic rings. The van der Waals surface area contributed by atoms with Crippen LogP contribution in [0.5, 0.6) is 0 Å². The highest BCUT2D eigenvalue weighted by atomic mass is 32.2. The van der Waals surface area contributed by atoms with Gasteiger partial charge in [0.15, 0.2) is 0 Å². The fourth-order valence-corrected chi connectivity index (χ4v) is 6.48. The lowest BCUT2D eigenvalue weighted by molar-refractivity contribution is -0.00294. The zero-order valence-corrected chi connectivity index (χ0v) is 18.8. The Kier molecular flexibility index (Phi) is 8.53. The first kappa shape index (κ1) is 22.7. The van der Waals surface area contributed by atoms with Crippen LogP contribution in [0.15, 0.2) is 11.4 Å². The van der Waals surface area contributed by atoms with E-state index < -0.39 is 9.84 Å². The molecule has 2 fully saturated rings. The fourth-order valence-electron chi connectivity index (χ4n) is 4.51. The molecule has 8 heteroatoms. The van der Waals surface area contributed by atoms with Gasteiger partial charge >= 0.3 is 0 Å². The lowest BCUT2D eigenvalue weighted by Crippen LogP contribution is -2.33. The molecule has 1 saturated heterocycles. The molecule has 2 heterocycles. The number of sulfone groups is 1. The molecular weight excluding hydrogens is 390 g/mol. The van der Waals surface area contributed by atoms with E-state index in [0.29, 0.717) is 19.7 Å². The number of hydrogen-bond donors (Lipinski definition) is 0. The molecule has 1 aliphatic heterocycles. The molecule has 1 atom stereocenters. The van der Waals surface area contributed by atoms with E-state index in [1.807, 2.05) is 4.57 Å². The minimum Gasteiger partial charge on any atom is -0.383 e. The zero-order chi connectivity index (χ0) is 20.7. The molecule has 166 valence electrons. The van der Waals surface area contributed by atoms with Crippen molar-refractivity contribution in [3.05, 3.63) is 11.9 Å². The fraction of sp³-hybridized carbons (Fsp3) is 0.857. The van der Waals surface area contributed by atoms with E-state index in [-0.39, 0.29) is 16.5 Å². The molecule has 1 saturated carbocycles. The Morgan fingerprint density at radius 3 is 2.55 bits per heavy atom. The van der Waals surface area contributed by atoms with Gasteiger partial charge in [0.2, 0.25) is 15.0 Å². The van der Waals surface area contributed by atoms with Gasteiger partial charge in [-0.2, -0.15) is 0 Å². The highest BCUT2D eigenvalue weighted by molar-refractivity contribution is 7.91. The second kappa shape index (κ2) is 10.9. The van der Waals surface area contributed by atoms with Gasteiger partial charge in [0.1, 0.15) is 0 Å². The molecule has 0 spiro atoms. The number of methoxy groups -OCH3 is 1. The molecule has 0 amide bonds. The summed E-state index contributed by atoms with van der Waals surface area (Å²) in [6.45, 7) is 3.30. The predicted molar refractivity (Wildman–Crippen MR) is 113 cm³/mol. The standard InChI is InChI=1S/C21H37N3O4S/c1-23(17-19-9-7-8-13-28-19)16-18-15-22-21(24(18)12-14-27-2)29(25,26)20-10-5-3-4-6-11-20/h15,19-20H,3-14,16-17H2,1-2H3/t19-/m1/s1. The molecule has 0 aromatic carbocycles. The molecule has 29 heavy (non-hydrogen) atoms. The minimum absolute atomic E-state index is 0.221. The van der Waals surface area contributed by atoms with Crippen molar-refractivity contribution in [1.82, 2.24) is 14.5 Å². The van der Waals surface area contributed by atoms with Gasteiger partial charge in [0, 0.05) is 33.4 Å². The average molecular weight is 428 g/mol. The maximum atomic E-state index is 13.4. The summed E-state index contributed by atoms with van der Waals surface area (Å²) in [7, 11) is 0.267. The highest BCUT2D eigenvalue weighted by Gasteiger charge is 2.33. The summed E-state index contributed by atoms with van der Waals surface area (Å²) < 4.78 is 39.7. The Hall–Kier alpha value is -0.960. The van der Waals surface area contributed by atoms with Crippen LogP contribution < -0.4 is 0 Å². The van der Waals surface area contributed by atoms with Crippen molar-refractivity contribution in [1.29, 1.82) is 0 Å². The van der Waals surface area contributed by atoms with E-state index in [1.165, 1.54) is 6.42 Å². The van der Waals surface area contributed by atoms with Crippen molar-refractivity contribution >= 4 is 9.84 Å². The molecule has 3 rings (SSSR count). The predicted octanol–water partition coefficient (Wildman–Crippen LogP) is 3.03. The van der Waals surface area contributed by atoms with Crippen molar-refractivity contribution in [2.75, 3.05) is 33.9 Å². The summed E-state index contributed by atoms with van der Waals surface area (Å²) >= 11 is 0. The van der Waals surface area contributed by atoms with Crippen LogP contribution in [0.4, 0.5) is 0 Å². The topological polar surface area (TPSA) is 73.7 Å². The van der Waals surface area contributed by atoms with E-state index in [2.05, 4.69) is 16.9 Å². The molecule has 1 aliphatic carbocycles. The van der Waals surface area contributed by atoms with Crippen molar-refractivity contribution in [3.63, 3.8) is 0 Å². The van der Waals surface area contributed by atoms with E-state index in [9.17, 15) is 8.42 Å². The first-order valence-corrected chi connectivity index (χ1v) is 12.6. The third kappa shape index (κ3) is 6.03. The number of imidazole rings is 1. The molecule has 0 N–H and O–H groups in total. The molecule has 0 unspecified atom stereocenters. The molecule has 1 aromatic heterocycles. The van der Waals surface area contributed by atoms with Crippen molar-refractivity contribution < 1.29 is 17.9 Å². The second-order valence-electron chi connectivity index (χ2n) is 8.52. The first-order chi connectivity index (χ1) is 14.0. The lowest BCUT2D eigenvalue weighted by atomic mass is 10.1. The van der Waals surface area contributed by atoms with Crippen LogP contribution in [0, 0.1) is 0 Å². The Balaban J connectivity index is 1.76. The number of ether oxygens (including phenoxy) is 2. The van der Waals surface area contributed by atoms with Crippen molar-refractivity contribution in [2.24, 2.45) is 0 Å². The van der Waals surface area contributed by atoms with Gasteiger partial charge in [-0.05, 0) is 39.2 Å². The van der Waals surface area contributed by atoms with Gasteiger partial charge < -0.3 is 14.0 Å². The highest BCUT2D eigenvalue weighted by Crippen LogP contribution is 2.28. The first-order valence-electron chi connectivity index (χ1n) is 11.1. The number of rotatable bonds is 9. The maximum absolute atomic E-state index is 13.4. The number of nitrogens with zero attached hydrogens (tertiary/aromatic N) is 3. The largest absolute Gasteiger partial charge is 0.383 e. The van der Waals surface area contributed by atoms with Crippen LogP contribution in [-0.2, 0) is 32.4 Å². The quantitative estimate of drug-likeness (QED) is 0.564. The maximum Gasteiger partial charge on any atom is 0.228 e. The third-order valence-electron chi connectivity index (χ3n) is 6.14. The minimum atomic E-state index is -3.44. The average Bonchev–Trinajstić information content (AvgIpc) is 2.91. The molecule has 0 radical (unpaired) electrons. The van der Waals surface area contributed by atoms with Crippen LogP contribution in [0.2, 0.25) is 0 Å². The van der Waals surface area contributed by atoms with E-state index in [0.717, 1.165) is 70.2 Å². The van der Waals surface area contributed by atoms with Gasteiger partial charge in [-0.3, -0.25) is 4.90 Å². The van der Waals surface area contributed by atoms with E-state index >= 15 is 0 Å². The summed E-state index contributed by atoms with van der Waals surface area (Å²) in [5.74, 6) is 0. The van der Waals surface area contributed by atoms with Gasteiger partial charge in [0.25, 0.3) is 0 Å². The van der Waals surface area contributed by atoms with E-state index in [4.69, 9.17) is 9.47 Å². The number of aromatic nitrogens is 2. The summed E-state index contributed by atoms with van der Waals surface area (Å²) in [6.07, 6.45) is 11.2. The normalized spacial score (nSPS) is 22.1. The summed E-state index contributed by atoms with van der Waals surface area (Å²) in [5, 5.41) is -0.0892. The monoisotopic (exact) mass is 427 g/mol. The molecular formula is C21H37N3O4S. The molecule has 2 aliphatic rings. The second-order valence-corrected chi connectivity index (χ2v) is 10.6. The van der Waals surface area contributed by atoms with Gasteiger partial charge in [-0.25, -0.2) is 13.4 Å². The van der Waals surface area contributed by atoms with Gasteiger partial charge in [-0.1, -0.05) is 25.7 Å². The molecule has 0 bridgehead atoms. The SMILES string of the molecule is COCCn1c(CN(C)C[C@H]2CCCCO2)cnc1S(=O)(=O)C1CCCCCC1. The number of likely N-dealkylation sites (N-methyl/N-ethyl adjacent to an activating group) is 1. The van der Waals surface area contributed by atoms with Crippen LogP contribution >= 0.6 is 0 Å². The Bertz CT molecular complexity index is 720. The third-order valence-corrected chi connectivity index (χ3v) is 8.32. The Morgan fingerprint density at radius 1 is 1.17 bits per heavy atom. The van der Waals surface area contributed by atoms with Crippen LogP contribution in [0.3, 0.4) is 0 Å². The van der Waals surface area contributed by atoms with Crippen molar-refractivity contribution in [2.45, 2.75) is 87.4 Å². The molecule has 7 nitrogen and oxygen atoms in total. The Labute approximate surface area is 175 Å².